The molecular weight excluding hydrogens is 300 g/mol. The number of hydrogen-bond acceptors (Lipinski definition) is 5. The molecule has 1 aromatic carbocycles. The minimum Gasteiger partial charge on any atom is -0.465 e. The van der Waals surface area contributed by atoms with Crippen LogP contribution in [0.2, 0.25) is 0 Å². The highest BCUT2D eigenvalue weighted by atomic mass is 16.5. The first-order valence-electron chi connectivity index (χ1n) is 6.69. The van der Waals surface area contributed by atoms with Crippen molar-refractivity contribution in [2.45, 2.75) is 0 Å². The lowest BCUT2D eigenvalue weighted by molar-refractivity contribution is -0.117. The first kappa shape index (κ1) is 14.6. The van der Waals surface area contributed by atoms with Crippen molar-refractivity contribution in [3.05, 3.63) is 59.6 Å². The highest BCUT2D eigenvalue weighted by Crippen LogP contribution is 2.22. The zero-order chi connectivity index (χ0) is 16.4. The smallest absolute Gasteiger partial charge is 0.337 e. The van der Waals surface area contributed by atoms with E-state index in [0.29, 0.717) is 17.0 Å². The van der Waals surface area contributed by atoms with Crippen LogP contribution in [0.25, 0.3) is 6.08 Å². The van der Waals surface area contributed by atoms with Crippen molar-refractivity contribution in [2.75, 3.05) is 12.1 Å². The number of anilines is 1. The van der Waals surface area contributed by atoms with Crippen molar-refractivity contribution >= 4 is 29.5 Å². The van der Waals surface area contributed by atoms with Crippen molar-refractivity contribution < 1.29 is 23.5 Å². The molecule has 2 amide bonds. The predicted octanol–water partition coefficient (Wildman–Crippen LogP) is 1.53. The molecule has 1 fully saturated rings. The summed E-state index contributed by atoms with van der Waals surface area (Å²) in [4.78, 5) is 35.7. The third kappa shape index (κ3) is 2.71. The molecule has 2 aromatic rings. The number of carbonyl (C=O) groups excluding carboxylic acids is 3. The third-order valence-corrected chi connectivity index (χ3v) is 3.27. The van der Waals surface area contributed by atoms with E-state index in [1.54, 1.807) is 24.3 Å². The molecule has 0 unspecified atom stereocenters. The first-order valence-corrected chi connectivity index (χ1v) is 6.69. The highest BCUT2D eigenvalue weighted by molar-refractivity contribution is 6.31. The number of nitrogens with one attached hydrogen (secondary N) is 1. The maximum Gasteiger partial charge on any atom is 0.337 e. The Morgan fingerprint density at radius 1 is 1.22 bits per heavy atom. The number of nitrogens with zero attached hydrogens (tertiary/aromatic N) is 1. The SMILES string of the molecule is COC(=O)c1ccc(N2NC(=O)/C(=C\c3ccco3)C2=O)cc1. The molecule has 1 N–H and O–H groups in total. The van der Waals surface area contributed by atoms with Gasteiger partial charge in [-0.15, -0.1) is 0 Å². The van der Waals surface area contributed by atoms with Crippen molar-refractivity contribution in [1.29, 1.82) is 0 Å². The highest BCUT2D eigenvalue weighted by Gasteiger charge is 2.34. The number of furan rings is 1. The largest absolute Gasteiger partial charge is 0.465 e. The molecule has 1 aromatic heterocycles. The maximum atomic E-state index is 12.4. The zero-order valence-electron chi connectivity index (χ0n) is 12.1. The predicted molar refractivity (Wildman–Crippen MR) is 80.1 cm³/mol. The topological polar surface area (TPSA) is 88.8 Å². The molecule has 7 heteroatoms. The first-order chi connectivity index (χ1) is 11.1. The number of benzene rings is 1. The Morgan fingerprint density at radius 3 is 2.57 bits per heavy atom. The van der Waals surface area contributed by atoms with Crippen LogP contribution in [0.15, 0.2) is 52.7 Å². The Kier molecular flexibility index (Phi) is 3.68. The summed E-state index contributed by atoms with van der Waals surface area (Å²) in [6.07, 6.45) is 2.83. The van der Waals surface area contributed by atoms with Crippen LogP contribution in [-0.4, -0.2) is 24.9 Å². The minimum absolute atomic E-state index is 0.0306. The zero-order valence-corrected chi connectivity index (χ0v) is 12.1. The van der Waals surface area contributed by atoms with Crippen LogP contribution < -0.4 is 10.4 Å². The normalized spacial score (nSPS) is 15.9. The molecule has 23 heavy (non-hydrogen) atoms. The van der Waals surface area contributed by atoms with Gasteiger partial charge in [0.15, 0.2) is 0 Å². The van der Waals surface area contributed by atoms with Gasteiger partial charge in [-0.1, -0.05) is 0 Å². The summed E-state index contributed by atoms with van der Waals surface area (Å²) in [6, 6.07) is 9.40. The summed E-state index contributed by atoms with van der Waals surface area (Å²) in [5, 5.41) is 1.11. The fraction of sp³-hybridized carbons (Fsp3) is 0.0625. The Hall–Kier alpha value is -3.35. The number of esters is 1. The van der Waals surface area contributed by atoms with Gasteiger partial charge in [0.1, 0.15) is 11.3 Å². The molecule has 1 aliphatic heterocycles. The standard InChI is InChI=1S/C16H12N2O5/c1-22-16(21)10-4-6-11(7-5-10)18-15(20)13(14(19)17-18)9-12-3-2-8-23-12/h2-9H,1H3,(H,17,19)/b13-9+. The van der Waals surface area contributed by atoms with Crippen molar-refractivity contribution in [1.82, 2.24) is 5.43 Å². The van der Waals surface area contributed by atoms with Crippen molar-refractivity contribution in [3.63, 3.8) is 0 Å². The van der Waals surface area contributed by atoms with Crippen LogP contribution in [0.5, 0.6) is 0 Å². The number of hydrazine groups is 1. The van der Waals surface area contributed by atoms with Gasteiger partial charge in [-0.2, -0.15) is 0 Å². The van der Waals surface area contributed by atoms with Crippen LogP contribution in [0, 0.1) is 0 Å². The Bertz CT molecular complexity index is 790. The second-order valence-corrected chi connectivity index (χ2v) is 4.69. The molecular formula is C16H12N2O5. The van der Waals surface area contributed by atoms with Gasteiger partial charge in [-0.25, -0.2) is 9.80 Å². The number of rotatable bonds is 3. The Labute approximate surface area is 131 Å². The molecule has 0 aliphatic carbocycles. The van der Waals surface area contributed by atoms with Crippen LogP contribution in [0.4, 0.5) is 5.69 Å². The fourth-order valence-corrected chi connectivity index (χ4v) is 2.12. The summed E-state index contributed by atoms with van der Waals surface area (Å²) in [6.45, 7) is 0. The fourth-order valence-electron chi connectivity index (χ4n) is 2.12. The van der Waals surface area contributed by atoms with Gasteiger partial charge in [0.2, 0.25) is 0 Å². The molecule has 0 atom stereocenters. The average molecular weight is 312 g/mol. The van der Waals surface area contributed by atoms with Gasteiger partial charge in [0.25, 0.3) is 11.8 Å². The van der Waals surface area contributed by atoms with Gasteiger partial charge in [0, 0.05) is 0 Å². The lowest BCUT2D eigenvalue weighted by Gasteiger charge is -2.14. The average Bonchev–Trinajstić information content (AvgIpc) is 3.18. The number of hydrogen-bond donors (Lipinski definition) is 1. The minimum atomic E-state index is -0.525. The van der Waals surface area contributed by atoms with E-state index in [-0.39, 0.29) is 5.57 Å². The van der Waals surface area contributed by atoms with E-state index < -0.39 is 17.8 Å². The number of methoxy groups -OCH3 is 1. The maximum absolute atomic E-state index is 12.4. The summed E-state index contributed by atoms with van der Waals surface area (Å²) in [5.41, 5.74) is 3.21. The van der Waals surface area contributed by atoms with Gasteiger partial charge in [0.05, 0.1) is 24.6 Å². The van der Waals surface area contributed by atoms with Crippen LogP contribution in [-0.2, 0) is 14.3 Å². The molecule has 0 spiro atoms. The van der Waals surface area contributed by atoms with E-state index in [1.165, 1.54) is 31.6 Å². The third-order valence-electron chi connectivity index (χ3n) is 3.27. The summed E-state index contributed by atoms with van der Waals surface area (Å²) in [5.74, 6) is -1.10. The van der Waals surface area contributed by atoms with Gasteiger partial charge in [-0.3, -0.25) is 15.0 Å². The molecule has 0 bridgehead atoms. The van der Waals surface area contributed by atoms with Crippen LogP contribution >= 0.6 is 0 Å². The monoisotopic (exact) mass is 312 g/mol. The van der Waals surface area contributed by atoms with E-state index in [2.05, 4.69) is 10.2 Å². The molecule has 1 aliphatic rings. The number of carbonyl (C=O) groups is 3. The lowest BCUT2D eigenvalue weighted by Crippen LogP contribution is -2.35. The molecule has 7 nitrogen and oxygen atoms in total. The second kappa shape index (κ2) is 5.80. The molecule has 0 radical (unpaired) electrons. The van der Waals surface area contributed by atoms with Gasteiger partial charge in [-0.05, 0) is 42.5 Å². The molecule has 0 saturated carbocycles. The quantitative estimate of drug-likeness (QED) is 0.527. The summed E-state index contributed by atoms with van der Waals surface area (Å²) in [7, 11) is 1.28. The van der Waals surface area contributed by atoms with E-state index in [0.717, 1.165) is 5.01 Å². The van der Waals surface area contributed by atoms with E-state index in [9.17, 15) is 14.4 Å². The van der Waals surface area contributed by atoms with Crippen molar-refractivity contribution in [3.8, 4) is 0 Å². The summed E-state index contributed by atoms with van der Waals surface area (Å²) < 4.78 is 9.72. The van der Waals surface area contributed by atoms with Gasteiger partial charge >= 0.3 is 5.97 Å². The van der Waals surface area contributed by atoms with Crippen molar-refractivity contribution in [2.24, 2.45) is 0 Å². The van der Waals surface area contributed by atoms with E-state index in [4.69, 9.17) is 4.42 Å². The van der Waals surface area contributed by atoms with E-state index >= 15 is 0 Å². The molecule has 3 rings (SSSR count). The lowest BCUT2D eigenvalue weighted by atomic mass is 10.2. The van der Waals surface area contributed by atoms with Crippen LogP contribution in [0.3, 0.4) is 0 Å². The second-order valence-electron chi connectivity index (χ2n) is 4.69. The Balaban J connectivity index is 1.86. The number of amides is 2. The molecule has 1 saturated heterocycles. The number of ether oxygens (including phenoxy) is 1. The van der Waals surface area contributed by atoms with E-state index in [1.807, 2.05) is 0 Å². The Morgan fingerprint density at radius 2 is 1.96 bits per heavy atom. The molecule has 2 heterocycles. The van der Waals surface area contributed by atoms with Gasteiger partial charge < -0.3 is 9.15 Å². The molecule has 116 valence electrons. The summed E-state index contributed by atoms with van der Waals surface area (Å²) >= 11 is 0. The van der Waals surface area contributed by atoms with Crippen LogP contribution in [0.1, 0.15) is 16.1 Å².